The predicted molar refractivity (Wildman–Crippen MR) is 67.8 cm³/mol. The molecule has 0 radical (unpaired) electrons. The first-order valence-corrected chi connectivity index (χ1v) is 6.06. The number of benzene rings is 1. The molecule has 0 spiro atoms. The van der Waals surface area contributed by atoms with Gasteiger partial charge in [-0.1, -0.05) is 35.5 Å². The highest BCUT2D eigenvalue weighted by Gasteiger charge is 2.22. The fourth-order valence-corrected chi connectivity index (χ4v) is 1.95. The minimum absolute atomic E-state index is 0.285. The van der Waals surface area contributed by atoms with Crippen molar-refractivity contribution in [2.75, 3.05) is 13.2 Å². The Balaban J connectivity index is 1.72. The predicted octanol–water partition coefficient (Wildman–Crippen LogP) is 2.74. The van der Waals surface area contributed by atoms with E-state index >= 15 is 0 Å². The van der Waals surface area contributed by atoms with Gasteiger partial charge in [0.05, 0.1) is 6.61 Å². The highest BCUT2D eigenvalue weighted by molar-refractivity contribution is 5.65. The molecule has 0 amide bonds. The summed E-state index contributed by atoms with van der Waals surface area (Å²) in [6, 6.07) is 10.0. The van der Waals surface area contributed by atoms with Gasteiger partial charge in [0.25, 0.3) is 5.89 Å². The highest BCUT2D eigenvalue weighted by Crippen LogP contribution is 2.22. The van der Waals surface area contributed by atoms with Gasteiger partial charge >= 0.3 is 0 Å². The van der Waals surface area contributed by atoms with Gasteiger partial charge in [0.2, 0.25) is 0 Å². The van der Waals surface area contributed by atoms with Crippen LogP contribution in [0.25, 0.3) is 12.2 Å². The third-order valence-electron chi connectivity index (χ3n) is 2.97. The molecule has 2 aromatic rings. The normalized spacial score (nSPS) is 19.7. The smallest absolute Gasteiger partial charge is 0.250 e. The van der Waals surface area contributed by atoms with Crippen molar-refractivity contribution in [1.29, 1.82) is 0 Å². The van der Waals surface area contributed by atoms with E-state index in [4.69, 9.17) is 9.26 Å². The molecule has 4 heteroatoms. The quantitative estimate of drug-likeness (QED) is 0.830. The third kappa shape index (κ3) is 2.49. The number of aromatic nitrogens is 2. The van der Waals surface area contributed by atoms with Crippen LogP contribution in [0.4, 0.5) is 0 Å². The van der Waals surface area contributed by atoms with Crippen LogP contribution in [0.1, 0.15) is 29.6 Å². The van der Waals surface area contributed by atoms with Crippen LogP contribution in [0, 0.1) is 0 Å². The number of rotatable bonds is 3. The lowest BCUT2D eigenvalue weighted by atomic mass is 10.1. The molecular formula is C14H14N2O2. The van der Waals surface area contributed by atoms with E-state index in [0.717, 1.165) is 24.4 Å². The molecule has 1 fully saturated rings. The van der Waals surface area contributed by atoms with Gasteiger partial charge in [-0.3, -0.25) is 0 Å². The van der Waals surface area contributed by atoms with E-state index in [0.29, 0.717) is 12.5 Å². The van der Waals surface area contributed by atoms with Crippen molar-refractivity contribution in [3.05, 3.63) is 47.6 Å². The van der Waals surface area contributed by atoms with Gasteiger partial charge < -0.3 is 9.26 Å². The van der Waals surface area contributed by atoms with Gasteiger partial charge in [-0.2, -0.15) is 4.98 Å². The van der Waals surface area contributed by atoms with Crippen LogP contribution in [0.5, 0.6) is 0 Å². The van der Waals surface area contributed by atoms with Crippen molar-refractivity contribution >= 4 is 12.2 Å². The lowest BCUT2D eigenvalue weighted by Crippen LogP contribution is -1.99. The Bertz CT molecular complexity index is 528. The van der Waals surface area contributed by atoms with E-state index < -0.39 is 0 Å². The second-order valence-corrected chi connectivity index (χ2v) is 4.30. The summed E-state index contributed by atoms with van der Waals surface area (Å²) in [5.41, 5.74) is 1.11. The summed E-state index contributed by atoms with van der Waals surface area (Å²) in [7, 11) is 0. The van der Waals surface area contributed by atoms with Crippen LogP contribution >= 0.6 is 0 Å². The van der Waals surface area contributed by atoms with Crippen LogP contribution < -0.4 is 0 Å². The first kappa shape index (κ1) is 11.2. The summed E-state index contributed by atoms with van der Waals surface area (Å²) < 4.78 is 10.5. The molecule has 1 aliphatic heterocycles. The topological polar surface area (TPSA) is 48.2 Å². The summed E-state index contributed by atoms with van der Waals surface area (Å²) in [5, 5.41) is 3.99. The molecule has 18 heavy (non-hydrogen) atoms. The molecule has 0 N–H and O–H groups in total. The second-order valence-electron chi connectivity index (χ2n) is 4.30. The lowest BCUT2D eigenvalue weighted by molar-refractivity contribution is 0.192. The molecule has 0 saturated carbocycles. The minimum Gasteiger partial charge on any atom is -0.381 e. The average Bonchev–Trinajstić information content (AvgIpc) is 3.08. The molecule has 2 heterocycles. The standard InChI is InChI=1S/C14H14N2O2/c1-2-4-11(5-3-1)6-7-13-15-14(16-18-13)12-8-9-17-10-12/h1-7,12H,8-10H2/b7-6+. The fraction of sp³-hybridized carbons (Fsp3) is 0.286. The van der Waals surface area contributed by atoms with Crippen LogP contribution in [0.3, 0.4) is 0 Å². The first-order valence-electron chi connectivity index (χ1n) is 6.06. The molecule has 1 aromatic carbocycles. The SMILES string of the molecule is C(=C\c1nc(C2CCOC2)no1)/c1ccccc1. The zero-order chi connectivity index (χ0) is 12.2. The molecule has 1 aliphatic rings. The first-order chi connectivity index (χ1) is 8.92. The Morgan fingerprint density at radius 1 is 1.17 bits per heavy atom. The van der Waals surface area contributed by atoms with Crippen molar-refractivity contribution in [2.45, 2.75) is 12.3 Å². The van der Waals surface area contributed by atoms with Crippen LogP contribution in [0.15, 0.2) is 34.9 Å². The zero-order valence-electron chi connectivity index (χ0n) is 9.95. The minimum atomic E-state index is 0.285. The van der Waals surface area contributed by atoms with Gasteiger partial charge in [0.1, 0.15) is 0 Å². The molecule has 0 bridgehead atoms. The van der Waals surface area contributed by atoms with Gasteiger partial charge in [0.15, 0.2) is 5.82 Å². The number of ether oxygens (including phenoxy) is 1. The van der Waals surface area contributed by atoms with Crippen LogP contribution in [-0.2, 0) is 4.74 Å². The summed E-state index contributed by atoms with van der Waals surface area (Å²) in [6.07, 6.45) is 4.77. The van der Waals surface area contributed by atoms with Crippen molar-refractivity contribution < 1.29 is 9.26 Å². The lowest BCUT2D eigenvalue weighted by Gasteiger charge is -1.97. The largest absolute Gasteiger partial charge is 0.381 e. The Labute approximate surface area is 105 Å². The summed E-state index contributed by atoms with van der Waals surface area (Å²) in [4.78, 5) is 4.36. The number of hydrogen-bond donors (Lipinski definition) is 0. The van der Waals surface area contributed by atoms with E-state index in [9.17, 15) is 0 Å². The Hall–Kier alpha value is -1.94. The Morgan fingerprint density at radius 2 is 2.06 bits per heavy atom. The van der Waals surface area contributed by atoms with Crippen molar-refractivity contribution in [2.24, 2.45) is 0 Å². The van der Waals surface area contributed by atoms with E-state index in [1.54, 1.807) is 0 Å². The second kappa shape index (κ2) is 5.14. The molecule has 92 valence electrons. The number of nitrogens with zero attached hydrogens (tertiary/aromatic N) is 2. The van der Waals surface area contributed by atoms with E-state index in [2.05, 4.69) is 10.1 Å². The maximum absolute atomic E-state index is 5.31. The molecule has 1 saturated heterocycles. The van der Waals surface area contributed by atoms with Crippen molar-refractivity contribution in [1.82, 2.24) is 10.1 Å². The maximum Gasteiger partial charge on any atom is 0.250 e. The number of hydrogen-bond acceptors (Lipinski definition) is 4. The highest BCUT2D eigenvalue weighted by atomic mass is 16.5. The van der Waals surface area contributed by atoms with E-state index in [1.807, 2.05) is 42.5 Å². The third-order valence-corrected chi connectivity index (χ3v) is 2.97. The fourth-order valence-electron chi connectivity index (χ4n) is 1.95. The van der Waals surface area contributed by atoms with Crippen LogP contribution in [-0.4, -0.2) is 23.4 Å². The molecule has 4 nitrogen and oxygen atoms in total. The summed E-state index contributed by atoms with van der Waals surface area (Å²) in [5.74, 6) is 1.58. The van der Waals surface area contributed by atoms with Gasteiger partial charge in [-0.25, -0.2) is 0 Å². The molecule has 0 aliphatic carbocycles. The van der Waals surface area contributed by atoms with Gasteiger partial charge in [-0.05, 0) is 18.1 Å². The van der Waals surface area contributed by atoms with E-state index in [1.165, 1.54) is 0 Å². The Morgan fingerprint density at radius 3 is 2.83 bits per heavy atom. The van der Waals surface area contributed by atoms with Crippen LogP contribution in [0.2, 0.25) is 0 Å². The monoisotopic (exact) mass is 242 g/mol. The summed E-state index contributed by atoms with van der Waals surface area (Å²) in [6.45, 7) is 1.48. The molecule has 1 atom stereocenters. The average molecular weight is 242 g/mol. The molecule has 3 rings (SSSR count). The van der Waals surface area contributed by atoms with Crippen molar-refractivity contribution in [3.8, 4) is 0 Å². The molecular weight excluding hydrogens is 228 g/mol. The molecule has 1 unspecified atom stereocenters. The van der Waals surface area contributed by atoms with E-state index in [-0.39, 0.29) is 5.92 Å². The Kier molecular flexibility index (Phi) is 3.19. The zero-order valence-corrected chi connectivity index (χ0v) is 9.95. The maximum atomic E-state index is 5.31. The molecule has 1 aromatic heterocycles. The summed E-state index contributed by atoms with van der Waals surface area (Å²) >= 11 is 0. The van der Waals surface area contributed by atoms with Gasteiger partial charge in [-0.15, -0.1) is 0 Å². The van der Waals surface area contributed by atoms with Crippen molar-refractivity contribution in [3.63, 3.8) is 0 Å². The van der Waals surface area contributed by atoms with Gasteiger partial charge in [0, 0.05) is 18.6 Å².